The highest BCUT2D eigenvalue weighted by Crippen LogP contribution is 2.31. The predicted octanol–water partition coefficient (Wildman–Crippen LogP) is 2.11. The van der Waals surface area contributed by atoms with Crippen LogP contribution in [0.1, 0.15) is 32.6 Å². The van der Waals surface area contributed by atoms with E-state index in [1.165, 1.54) is 7.11 Å². The summed E-state index contributed by atoms with van der Waals surface area (Å²) in [6.45, 7) is 4.14. The number of morpholine rings is 1. The average molecular weight is 488 g/mol. The number of rotatable bonds is 11. The minimum Gasteiger partial charge on any atom is -0.494 e. The van der Waals surface area contributed by atoms with Crippen LogP contribution in [0, 0.1) is 0 Å². The number of aliphatic imine (C=N–C) groups is 1. The SMILES string of the molecule is COC(=O)NCCCC(C=C(N)[C@@H](C)N(C(=O)[C@H]1CNCCO1)C1CC1)=Nc1ccccc1OC. The van der Waals surface area contributed by atoms with E-state index in [9.17, 15) is 9.59 Å². The Bertz CT molecular complexity index is 925. The molecule has 0 bridgehead atoms. The van der Waals surface area contributed by atoms with E-state index in [1.807, 2.05) is 42.2 Å². The quantitative estimate of drug-likeness (QED) is 0.322. The number of carbonyl (C=O) groups excluding carboxylic acids is 2. The van der Waals surface area contributed by atoms with Crippen molar-refractivity contribution in [1.29, 1.82) is 0 Å². The largest absolute Gasteiger partial charge is 0.494 e. The molecule has 1 heterocycles. The van der Waals surface area contributed by atoms with Crippen molar-refractivity contribution in [2.24, 2.45) is 10.7 Å². The van der Waals surface area contributed by atoms with Gasteiger partial charge in [-0.25, -0.2) is 9.79 Å². The van der Waals surface area contributed by atoms with Crippen LogP contribution in [0.15, 0.2) is 41.0 Å². The third-order valence-corrected chi connectivity index (χ3v) is 6.04. The van der Waals surface area contributed by atoms with E-state index in [0.717, 1.165) is 25.1 Å². The Morgan fingerprint density at radius 2 is 2.11 bits per heavy atom. The van der Waals surface area contributed by atoms with Crippen LogP contribution in [0.3, 0.4) is 0 Å². The van der Waals surface area contributed by atoms with Gasteiger partial charge < -0.3 is 35.5 Å². The van der Waals surface area contributed by atoms with Crippen molar-refractivity contribution < 1.29 is 23.8 Å². The zero-order chi connectivity index (χ0) is 25.2. The second kappa shape index (κ2) is 13.1. The van der Waals surface area contributed by atoms with Crippen LogP contribution in [-0.4, -0.2) is 81.3 Å². The fourth-order valence-electron chi connectivity index (χ4n) is 3.97. The molecule has 2 amide bonds. The molecule has 0 radical (unpaired) electrons. The molecule has 0 spiro atoms. The third kappa shape index (κ3) is 7.69. The zero-order valence-corrected chi connectivity index (χ0v) is 20.8. The van der Waals surface area contributed by atoms with Gasteiger partial charge in [0, 0.05) is 37.1 Å². The van der Waals surface area contributed by atoms with E-state index in [4.69, 9.17) is 20.2 Å². The number of amides is 2. The minimum atomic E-state index is -0.495. The Hall–Kier alpha value is -3.11. The molecule has 1 saturated carbocycles. The molecule has 35 heavy (non-hydrogen) atoms. The summed E-state index contributed by atoms with van der Waals surface area (Å²) >= 11 is 0. The standard InChI is InChI=1S/C25H37N5O5/c1-17(30(19-10-11-19)24(31)23-16-27-13-14-35-23)20(26)15-18(7-6-12-28-25(32)34-3)29-21-8-4-5-9-22(21)33-2/h4-5,8-9,15,17,19,23,27H,6-7,10-14,16,26H2,1-3H3,(H,28,32)/t17-,23-/m1/s1. The summed E-state index contributed by atoms with van der Waals surface area (Å²) in [5.74, 6) is 0.614. The first kappa shape index (κ1) is 26.5. The maximum Gasteiger partial charge on any atom is 0.406 e. The lowest BCUT2D eigenvalue weighted by molar-refractivity contribution is -0.147. The third-order valence-electron chi connectivity index (χ3n) is 6.04. The first-order valence-electron chi connectivity index (χ1n) is 12.1. The number of benzene rings is 1. The Labute approximate surface area is 206 Å². The van der Waals surface area contributed by atoms with Crippen LogP contribution in [0.4, 0.5) is 10.5 Å². The Morgan fingerprint density at radius 1 is 1.34 bits per heavy atom. The molecule has 1 aromatic carbocycles. The number of nitrogens with two attached hydrogens (primary N) is 1. The molecule has 2 fully saturated rings. The van der Waals surface area contributed by atoms with E-state index in [2.05, 4.69) is 15.4 Å². The van der Waals surface area contributed by atoms with Crippen molar-refractivity contribution in [1.82, 2.24) is 15.5 Å². The number of para-hydroxylation sites is 2. The van der Waals surface area contributed by atoms with Crippen LogP contribution >= 0.6 is 0 Å². The lowest BCUT2D eigenvalue weighted by atomic mass is 10.1. The maximum atomic E-state index is 13.3. The van der Waals surface area contributed by atoms with Gasteiger partial charge in [0.1, 0.15) is 17.5 Å². The van der Waals surface area contributed by atoms with Crippen molar-refractivity contribution in [3.05, 3.63) is 36.0 Å². The monoisotopic (exact) mass is 487 g/mol. The summed E-state index contributed by atoms with van der Waals surface area (Å²) in [5.41, 5.74) is 8.51. The van der Waals surface area contributed by atoms with Gasteiger partial charge in [-0.3, -0.25) is 4.79 Å². The van der Waals surface area contributed by atoms with E-state index in [-0.39, 0.29) is 18.0 Å². The van der Waals surface area contributed by atoms with Gasteiger partial charge in [-0.1, -0.05) is 12.1 Å². The van der Waals surface area contributed by atoms with Crippen LogP contribution in [0.25, 0.3) is 0 Å². The molecule has 1 saturated heterocycles. The number of methoxy groups -OCH3 is 2. The predicted molar refractivity (Wildman–Crippen MR) is 134 cm³/mol. The molecule has 0 unspecified atom stereocenters. The number of hydrogen-bond acceptors (Lipinski definition) is 8. The lowest BCUT2D eigenvalue weighted by Crippen LogP contribution is -2.53. The topological polar surface area (TPSA) is 128 Å². The Morgan fingerprint density at radius 3 is 2.77 bits per heavy atom. The molecule has 4 N–H and O–H groups in total. The van der Waals surface area contributed by atoms with E-state index in [0.29, 0.717) is 49.7 Å². The summed E-state index contributed by atoms with van der Waals surface area (Å²) in [6.07, 6.45) is 3.98. The number of carbonyl (C=O) groups is 2. The molecule has 1 aromatic rings. The van der Waals surface area contributed by atoms with Crippen LogP contribution < -0.4 is 21.1 Å². The van der Waals surface area contributed by atoms with Gasteiger partial charge in [0.15, 0.2) is 0 Å². The Kier molecular flexibility index (Phi) is 9.92. The zero-order valence-electron chi connectivity index (χ0n) is 20.8. The smallest absolute Gasteiger partial charge is 0.406 e. The highest BCUT2D eigenvalue weighted by atomic mass is 16.5. The molecule has 1 aliphatic heterocycles. The average Bonchev–Trinajstić information content (AvgIpc) is 3.72. The fraction of sp³-hybridized carbons (Fsp3) is 0.560. The summed E-state index contributed by atoms with van der Waals surface area (Å²) in [4.78, 5) is 31.3. The molecule has 1 aliphatic carbocycles. The van der Waals surface area contributed by atoms with Gasteiger partial charge in [-0.05, 0) is 50.8 Å². The van der Waals surface area contributed by atoms with Crippen LogP contribution in [0.5, 0.6) is 5.75 Å². The van der Waals surface area contributed by atoms with Crippen LogP contribution in [-0.2, 0) is 14.3 Å². The van der Waals surface area contributed by atoms with E-state index >= 15 is 0 Å². The molecular formula is C25H37N5O5. The lowest BCUT2D eigenvalue weighted by Gasteiger charge is -2.34. The van der Waals surface area contributed by atoms with Crippen molar-refractivity contribution in [2.75, 3.05) is 40.5 Å². The fourth-order valence-corrected chi connectivity index (χ4v) is 3.97. The summed E-state index contributed by atoms with van der Waals surface area (Å²) < 4.78 is 15.8. The van der Waals surface area contributed by atoms with Crippen molar-refractivity contribution in [3.63, 3.8) is 0 Å². The van der Waals surface area contributed by atoms with Crippen molar-refractivity contribution in [3.8, 4) is 5.75 Å². The highest BCUT2D eigenvalue weighted by Gasteiger charge is 2.40. The van der Waals surface area contributed by atoms with Gasteiger partial charge in [-0.2, -0.15) is 0 Å². The second-order valence-corrected chi connectivity index (χ2v) is 8.66. The highest BCUT2D eigenvalue weighted by molar-refractivity contribution is 5.97. The van der Waals surface area contributed by atoms with Gasteiger partial charge in [-0.15, -0.1) is 0 Å². The minimum absolute atomic E-state index is 0.0333. The number of nitrogens with zero attached hydrogens (tertiary/aromatic N) is 2. The van der Waals surface area contributed by atoms with Crippen molar-refractivity contribution >= 4 is 23.4 Å². The summed E-state index contributed by atoms with van der Waals surface area (Å²) in [6, 6.07) is 7.35. The molecule has 10 nitrogen and oxygen atoms in total. The van der Waals surface area contributed by atoms with E-state index in [1.54, 1.807) is 7.11 Å². The number of hydrogen-bond donors (Lipinski definition) is 3. The number of allylic oxidation sites excluding steroid dienone is 1. The molecule has 192 valence electrons. The number of nitrogens with one attached hydrogen (secondary N) is 2. The second-order valence-electron chi connectivity index (χ2n) is 8.66. The van der Waals surface area contributed by atoms with Crippen LogP contribution in [0.2, 0.25) is 0 Å². The van der Waals surface area contributed by atoms with Gasteiger partial charge in [0.05, 0.1) is 26.9 Å². The maximum absolute atomic E-state index is 13.3. The molecule has 10 heteroatoms. The summed E-state index contributed by atoms with van der Waals surface area (Å²) in [7, 11) is 2.93. The van der Waals surface area contributed by atoms with Gasteiger partial charge in [0.25, 0.3) is 5.91 Å². The van der Waals surface area contributed by atoms with E-state index < -0.39 is 12.2 Å². The normalized spacial score (nSPS) is 19.6. The van der Waals surface area contributed by atoms with Gasteiger partial charge in [0.2, 0.25) is 0 Å². The number of ether oxygens (including phenoxy) is 3. The Balaban J connectivity index is 1.80. The van der Waals surface area contributed by atoms with Crippen molar-refractivity contribution in [2.45, 2.75) is 50.8 Å². The molecule has 2 aliphatic rings. The first-order valence-corrected chi connectivity index (χ1v) is 12.1. The number of alkyl carbamates (subject to hydrolysis) is 1. The first-order chi connectivity index (χ1) is 16.9. The summed E-state index contributed by atoms with van der Waals surface area (Å²) in [5, 5.41) is 5.90. The molecule has 2 atom stereocenters. The molecule has 0 aromatic heterocycles. The van der Waals surface area contributed by atoms with Gasteiger partial charge >= 0.3 is 6.09 Å². The molecule has 3 rings (SSSR count). The molecular weight excluding hydrogens is 450 g/mol.